The van der Waals surface area contributed by atoms with Gasteiger partial charge in [0, 0.05) is 6.42 Å². The summed E-state index contributed by atoms with van der Waals surface area (Å²) in [7, 11) is 0. The molecule has 1 N–H and O–H groups in total. The molecule has 1 aliphatic rings. The third-order valence-corrected chi connectivity index (χ3v) is 4.41. The molecule has 1 fully saturated rings. The van der Waals surface area contributed by atoms with Gasteiger partial charge in [0.25, 0.3) is 5.91 Å². The lowest BCUT2D eigenvalue weighted by Crippen LogP contribution is -2.58. The molecular formula is C20H23NO3. The number of likely N-dealkylation sites (tertiary alicyclic amines) is 1. The number of carbonyl (C=O) groups is 1. The molecule has 0 bridgehead atoms. The number of carbonyl (C=O) groups excluding carboxylic acids is 1. The smallest absolute Gasteiger partial charge is 0.252 e. The second kappa shape index (κ2) is 7.05. The van der Waals surface area contributed by atoms with Crippen molar-refractivity contribution < 1.29 is 14.6 Å². The van der Waals surface area contributed by atoms with Gasteiger partial charge in [-0.2, -0.15) is 0 Å². The second-order valence-electron chi connectivity index (χ2n) is 6.41. The fourth-order valence-electron chi connectivity index (χ4n) is 2.98. The molecule has 4 heteroatoms. The van der Waals surface area contributed by atoms with E-state index in [0.29, 0.717) is 19.5 Å². The summed E-state index contributed by atoms with van der Waals surface area (Å²) >= 11 is 0. The summed E-state index contributed by atoms with van der Waals surface area (Å²) in [6, 6.07) is 15.6. The highest BCUT2D eigenvalue weighted by Gasteiger charge is 2.35. The summed E-state index contributed by atoms with van der Waals surface area (Å²) in [6.45, 7) is 5.10. The topological polar surface area (TPSA) is 49.8 Å². The molecule has 1 saturated heterocycles. The number of hydrogen-bond donors (Lipinski definition) is 1. The van der Waals surface area contributed by atoms with Crippen LogP contribution < -0.4 is 4.74 Å². The predicted octanol–water partition coefficient (Wildman–Crippen LogP) is 2.50. The average Bonchev–Trinajstić information content (AvgIpc) is 2.53. The Morgan fingerprint density at radius 3 is 2.38 bits per heavy atom. The van der Waals surface area contributed by atoms with Gasteiger partial charge in [0.1, 0.15) is 18.0 Å². The molecule has 0 aliphatic carbocycles. The number of ether oxygens (including phenoxy) is 1. The minimum absolute atomic E-state index is 0.00215. The molecule has 0 radical (unpaired) electrons. The maximum Gasteiger partial charge on any atom is 0.252 e. The van der Waals surface area contributed by atoms with Crippen LogP contribution in [0.1, 0.15) is 16.7 Å². The maximum atomic E-state index is 12.3. The van der Waals surface area contributed by atoms with E-state index in [2.05, 4.69) is 0 Å². The highest BCUT2D eigenvalue weighted by Crippen LogP contribution is 2.26. The van der Waals surface area contributed by atoms with E-state index in [4.69, 9.17) is 4.74 Å². The van der Waals surface area contributed by atoms with Gasteiger partial charge in [0.2, 0.25) is 0 Å². The number of hydrogen-bond acceptors (Lipinski definition) is 3. The van der Waals surface area contributed by atoms with Crippen molar-refractivity contribution in [3.63, 3.8) is 0 Å². The van der Waals surface area contributed by atoms with Crippen LogP contribution in [0, 0.1) is 13.8 Å². The molecule has 1 atom stereocenters. The van der Waals surface area contributed by atoms with Gasteiger partial charge in [-0.25, -0.2) is 0 Å². The van der Waals surface area contributed by atoms with E-state index in [0.717, 1.165) is 22.4 Å². The summed E-state index contributed by atoms with van der Waals surface area (Å²) < 4.78 is 6.01. The van der Waals surface area contributed by atoms with E-state index in [1.165, 1.54) is 0 Å². The standard InChI is InChI=1S/C20H23NO3/c1-14-7-6-8-15(2)19(14)24-17-12-21(13-17)20(23)18(22)11-16-9-4-3-5-10-16/h3-10,17-18,22H,11-13H2,1-2H3/t18-/m0/s1. The van der Waals surface area contributed by atoms with E-state index >= 15 is 0 Å². The Bertz CT molecular complexity index is 688. The number of nitrogens with zero attached hydrogens (tertiary/aromatic N) is 1. The molecule has 2 aromatic carbocycles. The van der Waals surface area contributed by atoms with Crippen LogP contribution in [0.4, 0.5) is 0 Å². The monoisotopic (exact) mass is 325 g/mol. The number of rotatable bonds is 5. The molecule has 1 heterocycles. The van der Waals surface area contributed by atoms with E-state index in [9.17, 15) is 9.90 Å². The van der Waals surface area contributed by atoms with Gasteiger partial charge in [-0.15, -0.1) is 0 Å². The Morgan fingerprint density at radius 2 is 1.75 bits per heavy atom. The molecular weight excluding hydrogens is 302 g/mol. The SMILES string of the molecule is Cc1cccc(C)c1OC1CN(C(=O)[C@@H](O)Cc2ccccc2)C1. The first-order valence-corrected chi connectivity index (χ1v) is 8.28. The zero-order valence-corrected chi connectivity index (χ0v) is 14.1. The van der Waals surface area contributed by atoms with Gasteiger partial charge in [0.05, 0.1) is 13.1 Å². The average molecular weight is 325 g/mol. The highest BCUT2D eigenvalue weighted by atomic mass is 16.5. The molecule has 4 nitrogen and oxygen atoms in total. The lowest BCUT2D eigenvalue weighted by Gasteiger charge is -2.40. The highest BCUT2D eigenvalue weighted by molar-refractivity contribution is 5.81. The van der Waals surface area contributed by atoms with Gasteiger partial charge in [-0.1, -0.05) is 48.5 Å². The number of aliphatic hydroxyl groups excluding tert-OH is 1. The zero-order valence-electron chi connectivity index (χ0n) is 14.1. The van der Waals surface area contributed by atoms with Gasteiger partial charge < -0.3 is 14.7 Å². The van der Waals surface area contributed by atoms with Crippen molar-refractivity contribution >= 4 is 5.91 Å². The molecule has 3 rings (SSSR count). The maximum absolute atomic E-state index is 12.3. The second-order valence-corrected chi connectivity index (χ2v) is 6.41. The van der Waals surface area contributed by atoms with Crippen LogP contribution in [-0.2, 0) is 11.2 Å². The third-order valence-electron chi connectivity index (χ3n) is 4.41. The molecule has 24 heavy (non-hydrogen) atoms. The Kier molecular flexibility index (Phi) is 4.86. The molecule has 2 aromatic rings. The van der Waals surface area contributed by atoms with Crippen molar-refractivity contribution in [3.05, 3.63) is 65.2 Å². The lowest BCUT2D eigenvalue weighted by atomic mass is 10.0. The van der Waals surface area contributed by atoms with Gasteiger partial charge >= 0.3 is 0 Å². The van der Waals surface area contributed by atoms with Crippen LogP contribution >= 0.6 is 0 Å². The normalized spacial score (nSPS) is 15.7. The molecule has 126 valence electrons. The van der Waals surface area contributed by atoms with E-state index < -0.39 is 6.10 Å². The fraction of sp³-hybridized carbons (Fsp3) is 0.350. The summed E-state index contributed by atoms with van der Waals surface area (Å²) in [4.78, 5) is 13.9. The Hall–Kier alpha value is -2.33. The van der Waals surface area contributed by atoms with Crippen LogP contribution in [0.25, 0.3) is 0 Å². The minimum Gasteiger partial charge on any atom is -0.486 e. The number of aliphatic hydroxyl groups is 1. The molecule has 0 unspecified atom stereocenters. The molecule has 0 spiro atoms. The first kappa shape index (κ1) is 16.5. The first-order chi connectivity index (χ1) is 11.5. The summed E-state index contributed by atoms with van der Waals surface area (Å²) in [6.07, 6.45) is -0.648. The van der Waals surface area contributed by atoms with Gasteiger partial charge in [-0.3, -0.25) is 4.79 Å². The zero-order chi connectivity index (χ0) is 17.1. The predicted molar refractivity (Wildman–Crippen MR) is 93.1 cm³/mol. The third kappa shape index (κ3) is 3.60. The van der Waals surface area contributed by atoms with Crippen LogP contribution in [-0.4, -0.2) is 41.2 Å². The first-order valence-electron chi connectivity index (χ1n) is 8.28. The van der Waals surface area contributed by atoms with Crippen molar-refractivity contribution in [2.24, 2.45) is 0 Å². The Labute approximate surface area is 142 Å². The minimum atomic E-state index is -0.992. The van der Waals surface area contributed by atoms with Crippen LogP contribution in [0.15, 0.2) is 48.5 Å². The molecule has 1 amide bonds. The molecule has 0 saturated carbocycles. The Morgan fingerprint density at radius 1 is 1.12 bits per heavy atom. The van der Waals surface area contributed by atoms with E-state index in [1.54, 1.807) is 4.90 Å². The van der Waals surface area contributed by atoms with Crippen molar-refractivity contribution in [1.29, 1.82) is 0 Å². The van der Waals surface area contributed by atoms with Gasteiger partial charge in [0.15, 0.2) is 0 Å². The van der Waals surface area contributed by atoms with Crippen molar-refractivity contribution in [3.8, 4) is 5.75 Å². The van der Waals surface area contributed by atoms with Crippen LogP contribution in [0.5, 0.6) is 5.75 Å². The fourth-order valence-corrected chi connectivity index (χ4v) is 2.98. The van der Waals surface area contributed by atoms with Gasteiger partial charge in [-0.05, 0) is 30.5 Å². The Balaban J connectivity index is 1.52. The van der Waals surface area contributed by atoms with Crippen molar-refractivity contribution in [2.75, 3.05) is 13.1 Å². The quantitative estimate of drug-likeness (QED) is 0.919. The lowest BCUT2D eigenvalue weighted by molar-refractivity contribution is -0.149. The number of para-hydroxylation sites is 1. The van der Waals surface area contributed by atoms with Crippen molar-refractivity contribution in [1.82, 2.24) is 4.90 Å². The van der Waals surface area contributed by atoms with E-state index in [1.807, 2.05) is 62.4 Å². The molecule has 0 aromatic heterocycles. The summed E-state index contributed by atoms with van der Waals surface area (Å²) in [5.41, 5.74) is 3.16. The van der Waals surface area contributed by atoms with Crippen LogP contribution in [0.3, 0.4) is 0 Å². The molecule has 1 aliphatic heterocycles. The number of benzene rings is 2. The summed E-state index contributed by atoms with van der Waals surface area (Å²) in [5, 5.41) is 10.1. The largest absolute Gasteiger partial charge is 0.486 e. The van der Waals surface area contributed by atoms with Crippen molar-refractivity contribution in [2.45, 2.75) is 32.5 Å². The van der Waals surface area contributed by atoms with E-state index in [-0.39, 0.29) is 12.0 Å². The van der Waals surface area contributed by atoms with Crippen LogP contribution in [0.2, 0.25) is 0 Å². The summed E-state index contributed by atoms with van der Waals surface area (Å²) in [5.74, 6) is 0.680. The number of amides is 1. The number of aryl methyl sites for hydroxylation is 2.